The molecule has 0 spiro atoms. The van der Waals surface area contributed by atoms with E-state index in [1.54, 1.807) is 29.5 Å². The van der Waals surface area contributed by atoms with Gasteiger partial charge in [-0.05, 0) is 41.1 Å². The molecule has 0 unspecified atom stereocenters. The summed E-state index contributed by atoms with van der Waals surface area (Å²) < 4.78 is 13.7. The molecule has 26 heavy (non-hydrogen) atoms. The van der Waals surface area contributed by atoms with Crippen LogP contribution in [0.5, 0.6) is 0 Å². The minimum absolute atomic E-state index is 0.0766. The van der Waals surface area contributed by atoms with Gasteiger partial charge in [0.05, 0.1) is 18.3 Å². The van der Waals surface area contributed by atoms with E-state index in [0.29, 0.717) is 0 Å². The highest BCUT2D eigenvalue weighted by Gasteiger charge is 2.16. The van der Waals surface area contributed by atoms with Crippen LogP contribution >= 0.6 is 11.3 Å². The maximum atomic E-state index is 13.7. The van der Waals surface area contributed by atoms with Crippen molar-refractivity contribution in [1.82, 2.24) is 5.32 Å². The van der Waals surface area contributed by atoms with Crippen LogP contribution < -0.4 is 10.6 Å². The molecular weight excluding hydrogens is 347 g/mol. The molecule has 0 bridgehead atoms. The largest absolute Gasteiger partial charge is 0.322 e. The zero-order valence-electron chi connectivity index (χ0n) is 14.5. The highest BCUT2D eigenvalue weighted by atomic mass is 32.1. The molecule has 0 aliphatic carbocycles. The number of halogens is 1. The summed E-state index contributed by atoms with van der Waals surface area (Å²) in [5.41, 5.74) is 2.57. The molecule has 0 saturated carbocycles. The smallest absolute Gasteiger partial charge is 0.238 e. The van der Waals surface area contributed by atoms with Gasteiger partial charge in [-0.1, -0.05) is 49.4 Å². The Morgan fingerprint density at radius 1 is 1.08 bits per heavy atom. The van der Waals surface area contributed by atoms with Crippen molar-refractivity contribution in [1.29, 1.82) is 0 Å². The number of carbonyl (C=O) groups excluding carboxylic acids is 1. The van der Waals surface area contributed by atoms with Crippen LogP contribution in [0, 0.1) is 5.82 Å². The number of anilines is 1. The van der Waals surface area contributed by atoms with Gasteiger partial charge in [0.25, 0.3) is 0 Å². The van der Waals surface area contributed by atoms with E-state index in [1.165, 1.54) is 11.6 Å². The lowest BCUT2D eigenvalue weighted by molar-refractivity contribution is -0.115. The number of amides is 1. The standard InChI is InChI=1S/C21H21FN2OS/c1-2-15-9-11-16(12-10-15)21(19-8-5-13-26-19)23-14-20(25)24-18-7-4-3-6-17(18)22/h3-13,21,23H,2,14H2,1H3,(H,24,25)/t21-/m0/s1. The molecule has 1 atom stereocenters. The topological polar surface area (TPSA) is 41.1 Å². The van der Waals surface area contributed by atoms with Crippen molar-refractivity contribution < 1.29 is 9.18 Å². The molecular formula is C21H21FN2OS. The Bertz CT molecular complexity index is 847. The minimum atomic E-state index is -0.439. The highest BCUT2D eigenvalue weighted by molar-refractivity contribution is 7.10. The number of benzene rings is 2. The van der Waals surface area contributed by atoms with Crippen molar-refractivity contribution in [2.24, 2.45) is 0 Å². The van der Waals surface area contributed by atoms with Crippen molar-refractivity contribution >= 4 is 22.9 Å². The van der Waals surface area contributed by atoms with Gasteiger partial charge in [-0.25, -0.2) is 4.39 Å². The number of carbonyl (C=O) groups is 1. The summed E-state index contributed by atoms with van der Waals surface area (Å²) in [6.45, 7) is 2.21. The summed E-state index contributed by atoms with van der Waals surface area (Å²) in [7, 11) is 0. The van der Waals surface area contributed by atoms with Gasteiger partial charge < -0.3 is 5.32 Å². The second kappa shape index (κ2) is 8.74. The summed E-state index contributed by atoms with van der Waals surface area (Å²) in [5.74, 6) is -0.715. The van der Waals surface area contributed by atoms with Gasteiger partial charge in [0, 0.05) is 4.88 Å². The van der Waals surface area contributed by atoms with Gasteiger partial charge in [0.2, 0.25) is 5.91 Å². The molecule has 0 saturated heterocycles. The van der Waals surface area contributed by atoms with Gasteiger partial charge in [-0.2, -0.15) is 0 Å². The Balaban J connectivity index is 1.70. The van der Waals surface area contributed by atoms with E-state index in [9.17, 15) is 9.18 Å². The molecule has 0 aliphatic heterocycles. The average molecular weight is 368 g/mol. The normalized spacial score (nSPS) is 11.9. The second-order valence-electron chi connectivity index (χ2n) is 5.95. The first-order valence-corrected chi connectivity index (χ1v) is 9.45. The molecule has 2 aromatic carbocycles. The number of thiophene rings is 1. The molecule has 2 N–H and O–H groups in total. The molecule has 3 aromatic rings. The molecule has 1 amide bonds. The number of aryl methyl sites for hydroxylation is 1. The minimum Gasteiger partial charge on any atom is -0.322 e. The van der Waals surface area contributed by atoms with Gasteiger partial charge in [-0.3, -0.25) is 10.1 Å². The molecule has 1 aromatic heterocycles. The maximum Gasteiger partial charge on any atom is 0.238 e. The summed E-state index contributed by atoms with van der Waals surface area (Å²) >= 11 is 1.64. The lowest BCUT2D eigenvalue weighted by Gasteiger charge is -2.18. The number of hydrogen-bond acceptors (Lipinski definition) is 3. The lowest BCUT2D eigenvalue weighted by Crippen LogP contribution is -2.31. The Labute approximate surface area is 156 Å². The zero-order valence-corrected chi connectivity index (χ0v) is 15.4. The number of hydrogen-bond donors (Lipinski definition) is 2. The number of para-hydroxylation sites is 1. The third-order valence-corrected chi connectivity index (χ3v) is 5.10. The monoisotopic (exact) mass is 368 g/mol. The third-order valence-electron chi connectivity index (χ3n) is 4.16. The Hall–Kier alpha value is -2.50. The lowest BCUT2D eigenvalue weighted by atomic mass is 10.0. The maximum absolute atomic E-state index is 13.7. The van der Waals surface area contributed by atoms with E-state index in [2.05, 4.69) is 41.8 Å². The van der Waals surface area contributed by atoms with E-state index in [4.69, 9.17) is 0 Å². The fourth-order valence-electron chi connectivity index (χ4n) is 2.74. The van der Waals surface area contributed by atoms with E-state index < -0.39 is 5.82 Å². The average Bonchev–Trinajstić information content (AvgIpc) is 3.19. The van der Waals surface area contributed by atoms with Crippen LogP contribution in [0.15, 0.2) is 66.0 Å². The van der Waals surface area contributed by atoms with Crippen LogP contribution in [0.25, 0.3) is 0 Å². The van der Waals surface area contributed by atoms with Crippen molar-refractivity contribution in [2.75, 3.05) is 11.9 Å². The predicted molar refractivity (Wildman–Crippen MR) is 105 cm³/mol. The first-order chi connectivity index (χ1) is 12.7. The highest BCUT2D eigenvalue weighted by Crippen LogP contribution is 2.26. The molecule has 0 fully saturated rings. The van der Waals surface area contributed by atoms with Crippen LogP contribution in [0.4, 0.5) is 10.1 Å². The fraction of sp³-hybridized carbons (Fsp3) is 0.190. The van der Waals surface area contributed by atoms with E-state index in [0.717, 1.165) is 16.9 Å². The summed E-state index contributed by atoms with van der Waals surface area (Å²) in [5, 5.41) is 7.92. The third kappa shape index (κ3) is 4.56. The molecule has 5 heteroatoms. The molecule has 0 aliphatic rings. The van der Waals surface area contributed by atoms with Crippen LogP contribution in [0.3, 0.4) is 0 Å². The quantitative estimate of drug-likeness (QED) is 0.631. The number of nitrogens with one attached hydrogen (secondary N) is 2. The van der Waals surface area contributed by atoms with Crippen molar-refractivity contribution in [2.45, 2.75) is 19.4 Å². The van der Waals surface area contributed by atoms with Crippen molar-refractivity contribution in [3.8, 4) is 0 Å². The number of rotatable bonds is 7. The fourth-order valence-corrected chi connectivity index (χ4v) is 3.56. The summed E-state index contributed by atoms with van der Waals surface area (Å²) in [4.78, 5) is 13.4. The van der Waals surface area contributed by atoms with Crippen molar-refractivity contribution in [3.63, 3.8) is 0 Å². The summed E-state index contributed by atoms with van der Waals surface area (Å²) in [6, 6.07) is 18.5. The molecule has 1 heterocycles. The van der Waals surface area contributed by atoms with Crippen LogP contribution in [-0.2, 0) is 11.2 Å². The SMILES string of the molecule is CCc1ccc([C@H](NCC(=O)Nc2ccccc2F)c2cccs2)cc1. The van der Waals surface area contributed by atoms with Gasteiger partial charge in [-0.15, -0.1) is 11.3 Å². The first-order valence-electron chi connectivity index (χ1n) is 8.57. The Morgan fingerprint density at radius 3 is 2.50 bits per heavy atom. The predicted octanol–water partition coefficient (Wildman–Crippen LogP) is 4.77. The Kier molecular flexibility index (Phi) is 6.15. The van der Waals surface area contributed by atoms with Gasteiger partial charge >= 0.3 is 0 Å². The summed E-state index contributed by atoms with van der Waals surface area (Å²) in [6.07, 6.45) is 0.989. The first kappa shape index (κ1) is 18.3. The molecule has 3 nitrogen and oxygen atoms in total. The van der Waals surface area contributed by atoms with Gasteiger partial charge in [0.15, 0.2) is 0 Å². The van der Waals surface area contributed by atoms with E-state index in [-0.39, 0.29) is 24.2 Å². The molecule has 3 rings (SSSR count). The molecule has 0 radical (unpaired) electrons. The second-order valence-corrected chi connectivity index (χ2v) is 6.93. The van der Waals surface area contributed by atoms with E-state index >= 15 is 0 Å². The van der Waals surface area contributed by atoms with Crippen molar-refractivity contribution in [3.05, 3.63) is 87.9 Å². The van der Waals surface area contributed by atoms with E-state index in [1.807, 2.05) is 17.5 Å². The van der Waals surface area contributed by atoms with Crippen LogP contribution in [0.2, 0.25) is 0 Å². The Morgan fingerprint density at radius 2 is 1.85 bits per heavy atom. The van der Waals surface area contributed by atoms with Gasteiger partial charge in [0.1, 0.15) is 5.82 Å². The van der Waals surface area contributed by atoms with Crippen LogP contribution in [0.1, 0.15) is 29.0 Å². The van der Waals surface area contributed by atoms with Crippen LogP contribution in [-0.4, -0.2) is 12.5 Å². The molecule has 134 valence electrons. The zero-order chi connectivity index (χ0) is 18.4.